The lowest BCUT2D eigenvalue weighted by Crippen LogP contribution is -2.34. The SMILES string of the molecule is c1c2c(cc3c1c1cc4c(cc1c1cc5c(cc31)OC1(CCCC1)O5)OC1(CCCC1)O4)OC1(CCCC1)O2. The lowest BCUT2D eigenvalue weighted by molar-refractivity contribution is -0.0720. The van der Waals surface area contributed by atoms with E-state index in [9.17, 15) is 0 Å². The summed E-state index contributed by atoms with van der Waals surface area (Å²) in [5, 5.41) is 6.77. The molecule has 3 heterocycles. The van der Waals surface area contributed by atoms with Crippen molar-refractivity contribution in [1.82, 2.24) is 0 Å². The number of hydrogen-bond donors (Lipinski definition) is 0. The maximum absolute atomic E-state index is 6.51. The van der Waals surface area contributed by atoms with Gasteiger partial charge in [-0.15, -0.1) is 0 Å². The molecule has 3 aliphatic heterocycles. The van der Waals surface area contributed by atoms with Gasteiger partial charge in [-0.2, -0.15) is 0 Å². The molecule has 0 aromatic heterocycles. The summed E-state index contributed by atoms with van der Waals surface area (Å²) in [6.45, 7) is 0. The molecule has 6 heteroatoms. The van der Waals surface area contributed by atoms with Crippen LogP contribution >= 0.6 is 0 Å². The number of benzene rings is 4. The second-order valence-electron chi connectivity index (χ2n) is 12.5. The molecule has 0 N–H and O–H groups in total. The predicted molar refractivity (Wildman–Crippen MR) is 146 cm³/mol. The van der Waals surface area contributed by atoms with Gasteiger partial charge in [-0.3, -0.25) is 0 Å². The predicted octanol–water partition coefficient (Wildman–Crippen LogP) is 8.27. The second-order valence-corrected chi connectivity index (χ2v) is 12.5. The first-order chi connectivity index (χ1) is 19.1. The smallest absolute Gasteiger partial charge is 0.251 e. The zero-order valence-electron chi connectivity index (χ0n) is 21.9. The fourth-order valence-corrected chi connectivity index (χ4v) is 8.11. The van der Waals surface area contributed by atoms with Gasteiger partial charge in [0.05, 0.1) is 0 Å². The van der Waals surface area contributed by atoms with Gasteiger partial charge in [0.1, 0.15) is 0 Å². The molecule has 6 nitrogen and oxygen atoms in total. The monoisotopic (exact) mass is 522 g/mol. The fraction of sp³-hybridized carbons (Fsp3) is 0.455. The van der Waals surface area contributed by atoms with E-state index in [1.54, 1.807) is 0 Å². The summed E-state index contributed by atoms with van der Waals surface area (Å²) in [5.41, 5.74) is 0. The summed E-state index contributed by atoms with van der Waals surface area (Å²) in [5.74, 6) is 3.48. The highest BCUT2D eigenvalue weighted by Gasteiger charge is 2.47. The third-order valence-electron chi connectivity index (χ3n) is 9.99. The molecular formula is C33H30O6. The van der Waals surface area contributed by atoms with Crippen LogP contribution in [0.1, 0.15) is 77.0 Å². The second kappa shape index (κ2) is 6.96. The lowest BCUT2D eigenvalue weighted by atomic mass is 9.93. The summed E-state index contributed by atoms with van der Waals surface area (Å²) in [6.07, 6.45) is 12.4. The Morgan fingerprint density at radius 1 is 0.308 bits per heavy atom. The Hall–Kier alpha value is -3.54. The molecular weight excluding hydrogens is 492 g/mol. The van der Waals surface area contributed by atoms with Crippen LogP contribution in [0, 0.1) is 0 Å². The van der Waals surface area contributed by atoms with Crippen LogP contribution in [0.2, 0.25) is 0 Å². The van der Waals surface area contributed by atoms with Gasteiger partial charge in [-0.1, -0.05) is 0 Å². The van der Waals surface area contributed by atoms with E-state index in [0.29, 0.717) is 0 Å². The van der Waals surface area contributed by atoms with Gasteiger partial charge in [-0.05, 0) is 107 Å². The molecule has 4 aromatic carbocycles. The van der Waals surface area contributed by atoms with Gasteiger partial charge < -0.3 is 28.4 Å². The number of hydrogen-bond acceptors (Lipinski definition) is 6. The van der Waals surface area contributed by atoms with E-state index in [-0.39, 0.29) is 0 Å². The van der Waals surface area contributed by atoms with Crippen LogP contribution in [0.25, 0.3) is 32.3 Å². The van der Waals surface area contributed by atoms with Crippen LogP contribution in [-0.4, -0.2) is 17.4 Å². The largest absolute Gasteiger partial charge is 0.448 e. The molecule has 6 aliphatic rings. The topological polar surface area (TPSA) is 55.4 Å². The van der Waals surface area contributed by atoms with Gasteiger partial charge in [0.15, 0.2) is 34.5 Å². The van der Waals surface area contributed by atoms with E-state index in [1.807, 2.05) is 0 Å². The third kappa shape index (κ3) is 2.82. The van der Waals surface area contributed by atoms with E-state index in [1.165, 1.54) is 0 Å². The van der Waals surface area contributed by atoms with E-state index < -0.39 is 17.4 Å². The highest BCUT2D eigenvalue weighted by Crippen LogP contribution is 2.55. The minimum atomic E-state index is -0.509. The van der Waals surface area contributed by atoms with Crippen molar-refractivity contribution in [3.63, 3.8) is 0 Å². The summed E-state index contributed by atoms with van der Waals surface area (Å²) >= 11 is 0. The molecule has 3 aliphatic carbocycles. The Balaban J connectivity index is 1.24. The molecule has 3 spiro atoms. The van der Waals surface area contributed by atoms with Crippen molar-refractivity contribution in [1.29, 1.82) is 0 Å². The van der Waals surface area contributed by atoms with Crippen molar-refractivity contribution in [2.24, 2.45) is 0 Å². The van der Waals surface area contributed by atoms with E-state index in [2.05, 4.69) is 36.4 Å². The molecule has 0 radical (unpaired) electrons. The molecule has 39 heavy (non-hydrogen) atoms. The Morgan fingerprint density at radius 2 is 0.487 bits per heavy atom. The fourth-order valence-electron chi connectivity index (χ4n) is 8.11. The first-order valence-electron chi connectivity index (χ1n) is 14.8. The molecule has 0 atom stereocenters. The van der Waals surface area contributed by atoms with Crippen LogP contribution in [-0.2, 0) is 0 Å². The number of ether oxygens (including phenoxy) is 6. The van der Waals surface area contributed by atoms with Crippen molar-refractivity contribution in [3.8, 4) is 34.5 Å². The maximum atomic E-state index is 6.51. The standard InChI is InChI=1S/C33H30O6/c1-2-8-31(7-1)34-25-13-19-20(14-26(25)35-31)22-16-28-30(39-33(37-28)11-5-6-12-33)18-24(22)23-17-29-27(15-21(19)23)36-32(38-29)9-3-4-10-32/h13-18H,1-12H2. The molecule has 0 saturated heterocycles. The first-order valence-corrected chi connectivity index (χ1v) is 14.8. The van der Waals surface area contributed by atoms with Crippen LogP contribution < -0.4 is 28.4 Å². The van der Waals surface area contributed by atoms with Gasteiger partial charge in [-0.25, -0.2) is 0 Å². The van der Waals surface area contributed by atoms with Gasteiger partial charge in [0.25, 0.3) is 17.4 Å². The molecule has 0 unspecified atom stereocenters. The lowest BCUT2D eigenvalue weighted by Gasteiger charge is -2.21. The van der Waals surface area contributed by atoms with Crippen LogP contribution in [0.15, 0.2) is 36.4 Å². The first kappa shape index (κ1) is 21.3. The van der Waals surface area contributed by atoms with Crippen LogP contribution in [0.4, 0.5) is 0 Å². The quantitative estimate of drug-likeness (QED) is 0.217. The summed E-state index contributed by atoms with van der Waals surface area (Å²) in [6, 6.07) is 13.1. The highest BCUT2D eigenvalue weighted by molar-refractivity contribution is 6.27. The van der Waals surface area contributed by atoms with Gasteiger partial charge in [0.2, 0.25) is 0 Å². The Labute approximate surface area is 226 Å². The van der Waals surface area contributed by atoms with E-state index in [4.69, 9.17) is 28.4 Å². The highest BCUT2D eigenvalue weighted by atomic mass is 16.7. The molecule has 198 valence electrons. The van der Waals surface area contributed by atoms with Crippen LogP contribution in [0.3, 0.4) is 0 Å². The average molecular weight is 523 g/mol. The van der Waals surface area contributed by atoms with E-state index >= 15 is 0 Å². The molecule has 10 rings (SSSR count). The average Bonchev–Trinajstić information content (AvgIpc) is 3.78. The van der Waals surface area contributed by atoms with Crippen molar-refractivity contribution in [2.45, 2.75) is 94.4 Å². The third-order valence-corrected chi connectivity index (χ3v) is 9.99. The minimum Gasteiger partial charge on any atom is -0.448 e. The van der Waals surface area contributed by atoms with Gasteiger partial charge in [0, 0.05) is 38.5 Å². The van der Waals surface area contributed by atoms with Crippen LogP contribution in [0.5, 0.6) is 34.5 Å². The Kier molecular flexibility index (Phi) is 3.80. The molecule has 4 aromatic rings. The number of rotatable bonds is 0. The molecule has 0 amide bonds. The number of fused-ring (bicyclic) bond motifs is 9. The van der Waals surface area contributed by atoms with Crippen molar-refractivity contribution >= 4 is 32.3 Å². The normalized spacial score (nSPS) is 24.0. The molecule has 3 saturated carbocycles. The zero-order valence-corrected chi connectivity index (χ0v) is 21.9. The van der Waals surface area contributed by atoms with E-state index in [0.717, 1.165) is 144 Å². The molecule has 0 bridgehead atoms. The zero-order chi connectivity index (χ0) is 25.4. The van der Waals surface area contributed by atoms with Crippen molar-refractivity contribution < 1.29 is 28.4 Å². The van der Waals surface area contributed by atoms with Crippen molar-refractivity contribution in [3.05, 3.63) is 36.4 Å². The summed E-state index contributed by atoms with van der Waals surface area (Å²) < 4.78 is 39.0. The maximum Gasteiger partial charge on any atom is 0.251 e. The van der Waals surface area contributed by atoms with Crippen molar-refractivity contribution in [2.75, 3.05) is 0 Å². The van der Waals surface area contributed by atoms with Gasteiger partial charge >= 0.3 is 0 Å². The Morgan fingerprint density at radius 3 is 0.667 bits per heavy atom. The summed E-state index contributed by atoms with van der Waals surface area (Å²) in [7, 11) is 0. The molecule has 3 fully saturated rings. The minimum absolute atomic E-state index is 0.509. The summed E-state index contributed by atoms with van der Waals surface area (Å²) in [4.78, 5) is 0. The Bertz CT molecular complexity index is 1390.